The van der Waals surface area contributed by atoms with Gasteiger partial charge < -0.3 is 5.32 Å². The van der Waals surface area contributed by atoms with E-state index in [0.717, 1.165) is 23.0 Å². The maximum Gasteiger partial charge on any atom is 0.138 e. The van der Waals surface area contributed by atoms with Crippen LogP contribution in [0.3, 0.4) is 0 Å². The third kappa shape index (κ3) is 3.39. The van der Waals surface area contributed by atoms with E-state index in [-0.39, 0.29) is 0 Å². The van der Waals surface area contributed by atoms with Gasteiger partial charge in [-0.05, 0) is 38.0 Å². The number of benzene rings is 2. The maximum absolute atomic E-state index is 6.43. The molecule has 0 fully saturated rings. The number of nitrogens with zero attached hydrogens (tertiary/aromatic N) is 1. The van der Waals surface area contributed by atoms with Gasteiger partial charge in [0.25, 0.3) is 0 Å². The predicted molar refractivity (Wildman–Crippen MR) is 96.7 cm³/mol. The first-order valence-corrected chi connectivity index (χ1v) is 8.37. The van der Waals surface area contributed by atoms with E-state index in [1.165, 1.54) is 16.7 Å². The van der Waals surface area contributed by atoms with Crippen LogP contribution in [0.2, 0.25) is 5.15 Å². The molecule has 0 aliphatic heterocycles. The lowest BCUT2D eigenvalue weighted by molar-refractivity contribution is -0.707. The molecule has 0 saturated carbocycles. The number of fused-ring (bicyclic) bond motifs is 1. The summed E-state index contributed by atoms with van der Waals surface area (Å²) in [7, 11) is 0. The molecule has 0 aliphatic carbocycles. The summed E-state index contributed by atoms with van der Waals surface area (Å²) in [4.78, 5) is 4.63. The molecule has 3 rings (SSSR count). The van der Waals surface area contributed by atoms with Crippen LogP contribution in [-0.4, -0.2) is 4.98 Å². The van der Waals surface area contributed by atoms with E-state index < -0.39 is 0 Å². The van der Waals surface area contributed by atoms with Gasteiger partial charge in [-0.25, -0.2) is 4.98 Å². The Morgan fingerprint density at radius 2 is 1.83 bits per heavy atom. The molecule has 0 spiro atoms. The molecule has 1 atom stereocenters. The fourth-order valence-electron chi connectivity index (χ4n) is 2.84. The zero-order valence-corrected chi connectivity index (χ0v) is 14.6. The molecule has 0 radical (unpaired) electrons. The van der Waals surface area contributed by atoms with Gasteiger partial charge in [0, 0.05) is 16.5 Å². The van der Waals surface area contributed by atoms with Gasteiger partial charge in [-0.15, -0.1) is 0 Å². The first-order chi connectivity index (χ1) is 11.1. The van der Waals surface area contributed by atoms with Crippen LogP contribution in [-0.2, 0) is 6.54 Å². The molecular formula is C20H22ClN2+. The molecule has 0 saturated heterocycles. The Bertz CT molecular complexity index is 828. The Balaban J connectivity index is 1.83. The molecule has 0 bridgehead atoms. The highest BCUT2D eigenvalue weighted by molar-refractivity contribution is 6.30. The summed E-state index contributed by atoms with van der Waals surface area (Å²) in [6.45, 7) is 7.24. The van der Waals surface area contributed by atoms with E-state index >= 15 is 0 Å². The maximum atomic E-state index is 6.43. The number of aromatic nitrogens is 1. The number of aryl methyl sites for hydroxylation is 2. The minimum atomic E-state index is 0.391. The lowest BCUT2D eigenvalue weighted by Gasteiger charge is -2.13. The molecular weight excluding hydrogens is 304 g/mol. The van der Waals surface area contributed by atoms with Crippen LogP contribution in [0.4, 0.5) is 0 Å². The quantitative estimate of drug-likeness (QED) is 0.711. The fourth-order valence-corrected chi connectivity index (χ4v) is 3.06. The van der Waals surface area contributed by atoms with Crippen molar-refractivity contribution in [2.24, 2.45) is 0 Å². The number of quaternary nitrogens is 1. The van der Waals surface area contributed by atoms with Gasteiger partial charge in [-0.3, -0.25) is 0 Å². The predicted octanol–water partition coefficient (Wildman–Crippen LogP) is 4.33. The number of hydrogen-bond acceptors (Lipinski definition) is 1. The molecule has 1 heterocycles. The first kappa shape index (κ1) is 16.0. The van der Waals surface area contributed by atoms with Crippen LogP contribution in [0.25, 0.3) is 10.9 Å². The normalized spacial score (nSPS) is 12.5. The number of rotatable bonds is 4. The van der Waals surface area contributed by atoms with Crippen molar-refractivity contribution in [3.63, 3.8) is 0 Å². The number of pyridine rings is 1. The fraction of sp³-hybridized carbons (Fsp3) is 0.250. The lowest BCUT2D eigenvalue weighted by Crippen LogP contribution is -2.83. The van der Waals surface area contributed by atoms with Crippen LogP contribution < -0.4 is 5.32 Å². The summed E-state index contributed by atoms with van der Waals surface area (Å²) >= 11 is 6.43. The minimum absolute atomic E-state index is 0.391. The van der Waals surface area contributed by atoms with Gasteiger partial charge in [0.1, 0.15) is 17.7 Å². The molecule has 2 N–H and O–H groups in total. The van der Waals surface area contributed by atoms with E-state index in [4.69, 9.17) is 11.6 Å². The van der Waals surface area contributed by atoms with Crippen molar-refractivity contribution in [2.45, 2.75) is 33.4 Å². The molecule has 23 heavy (non-hydrogen) atoms. The largest absolute Gasteiger partial charge is 0.336 e. The summed E-state index contributed by atoms with van der Waals surface area (Å²) in [6.07, 6.45) is 0. The number of halogens is 1. The standard InChI is InChI=1S/C20H21ClN2/c1-13-9-10-17-11-18(20(21)23-19(17)14(13)2)12-22-15(3)16-7-5-4-6-8-16/h4-11,15,22H,12H2,1-3H3/p+1/t15-/m0/s1. The number of nitrogens with two attached hydrogens (primary N) is 1. The Hall–Kier alpha value is -1.90. The second-order valence-electron chi connectivity index (χ2n) is 6.16. The highest BCUT2D eigenvalue weighted by Gasteiger charge is 2.12. The highest BCUT2D eigenvalue weighted by Crippen LogP contribution is 2.24. The van der Waals surface area contributed by atoms with Gasteiger partial charge in [0.2, 0.25) is 0 Å². The summed E-state index contributed by atoms with van der Waals surface area (Å²) in [5, 5.41) is 4.07. The van der Waals surface area contributed by atoms with Gasteiger partial charge >= 0.3 is 0 Å². The Morgan fingerprint density at radius 3 is 2.57 bits per heavy atom. The summed E-state index contributed by atoms with van der Waals surface area (Å²) < 4.78 is 0. The first-order valence-electron chi connectivity index (χ1n) is 8.00. The van der Waals surface area contributed by atoms with E-state index in [1.54, 1.807) is 0 Å². The number of hydrogen-bond donors (Lipinski definition) is 1. The van der Waals surface area contributed by atoms with Crippen LogP contribution in [0, 0.1) is 13.8 Å². The van der Waals surface area contributed by atoms with E-state index in [2.05, 4.69) is 73.5 Å². The van der Waals surface area contributed by atoms with Gasteiger partial charge in [-0.2, -0.15) is 0 Å². The molecule has 2 aromatic carbocycles. The average Bonchev–Trinajstić information content (AvgIpc) is 2.57. The van der Waals surface area contributed by atoms with Gasteiger partial charge in [0.15, 0.2) is 0 Å². The smallest absolute Gasteiger partial charge is 0.138 e. The van der Waals surface area contributed by atoms with Crippen molar-refractivity contribution in [2.75, 3.05) is 0 Å². The molecule has 0 unspecified atom stereocenters. The van der Waals surface area contributed by atoms with Crippen LogP contribution in [0.5, 0.6) is 0 Å². The third-order valence-corrected chi connectivity index (χ3v) is 4.88. The summed E-state index contributed by atoms with van der Waals surface area (Å²) in [5.41, 5.74) is 5.87. The Morgan fingerprint density at radius 1 is 1.09 bits per heavy atom. The Kier molecular flexibility index (Phi) is 4.65. The van der Waals surface area contributed by atoms with E-state index in [1.807, 2.05) is 6.07 Å². The second-order valence-corrected chi connectivity index (χ2v) is 6.51. The highest BCUT2D eigenvalue weighted by atomic mass is 35.5. The lowest BCUT2D eigenvalue weighted by atomic mass is 10.0. The molecule has 0 aliphatic rings. The molecule has 3 heteroatoms. The molecule has 3 aromatic rings. The van der Waals surface area contributed by atoms with Crippen molar-refractivity contribution < 1.29 is 5.32 Å². The van der Waals surface area contributed by atoms with Crippen molar-refractivity contribution in [3.05, 3.63) is 75.9 Å². The monoisotopic (exact) mass is 325 g/mol. The summed E-state index contributed by atoms with van der Waals surface area (Å²) in [6, 6.07) is 17.4. The van der Waals surface area contributed by atoms with Gasteiger partial charge in [0.05, 0.1) is 5.52 Å². The van der Waals surface area contributed by atoms with E-state index in [9.17, 15) is 0 Å². The zero-order chi connectivity index (χ0) is 16.4. The van der Waals surface area contributed by atoms with Crippen molar-refractivity contribution in [1.29, 1.82) is 0 Å². The van der Waals surface area contributed by atoms with Crippen LogP contribution >= 0.6 is 11.6 Å². The molecule has 1 aromatic heterocycles. The second kappa shape index (κ2) is 6.69. The van der Waals surface area contributed by atoms with Crippen LogP contribution in [0.1, 0.15) is 35.2 Å². The molecule has 118 valence electrons. The topological polar surface area (TPSA) is 29.5 Å². The van der Waals surface area contributed by atoms with Crippen molar-refractivity contribution >= 4 is 22.5 Å². The Labute approximate surface area is 142 Å². The third-order valence-electron chi connectivity index (χ3n) is 4.55. The van der Waals surface area contributed by atoms with Crippen molar-refractivity contribution in [3.8, 4) is 0 Å². The molecule has 0 amide bonds. The zero-order valence-electron chi connectivity index (χ0n) is 13.8. The summed E-state index contributed by atoms with van der Waals surface area (Å²) in [5.74, 6) is 0. The van der Waals surface area contributed by atoms with Crippen LogP contribution in [0.15, 0.2) is 48.5 Å². The average molecular weight is 326 g/mol. The minimum Gasteiger partial charge on any atom is -0.336 e. The SMILES string of the molecule is Cc1ccc2cc(C[NH2+][C@@H](C)c3ccccc3)c(Cl)nc2c1C. The van der Waals surface area contributed by atoms with E-state index in [0.29, 0.717) is 11.2 Å². The molecule has 2 nitrogen and oxygen atoms in total. The van der Waals surface area contributed by atoms with Gasteiger partial charge in [-0.1, -0.05) is 54.1 Å². The van der Waals surface area contributed by atoms with Crippen molar-refractivity contribution in [1.82, 2.24) is 4.98 Å².